The van der Waals surface area contributed by atoms with Gasteiger partial charge in [0.2, 0.25) is 0 Å². The van der Waals surface area contributed by atoms with E-state index in [0.29, 0.717) is 0 Å². The zero-order valence-corrected chi connectivity index (χ0v) is 10.1. The average Bonchev–Trinajstić information content (AvgIpc) is 2.56. The van der Waals surface area contributed by atoms with Crippen LogP contribution in [0.3, 0.4) is 0 Å². The van der Waals surface area contributed by atoms with E-state index in [1.807, 2.05) is 0 Å². The van der Waals surface area contributed by atoms with Crippen molar-refractivity contribution in [3.05, 3.63) is 0 Å². The lowest BCUT2D eigenvalue weighted by atomic mass is 10.1. The van der Waals surface area contributed by atoms with Gasteiger partial charge in [-0.05, 0) is 38.8 Å². The van der Waals surface area contributed by atoms with Gasteiger partial charge < -0.3 is 10.2 Å². The lowest BCUT2D eigenvalue weighted by molar-refractivity contribution is 0.255. The van der Waals surface area contributed by atoms with Crippen molar-refractivity contribution in [3.8, 4) is 0 Å². The summed E-state index contributed by atoms with van der Waals surface area (Å²) in [6, 6.07) is 0.758. The van der Waals surface area contributed by atoms with E-state index < -0.39 is 0 Å². The quantitative estimate of drug-likeness (QED) is 0.703. The van der Waals surface area contributed by atoms with Crippen molar-refractivity contribution >= 4 is 0 Å². The predicted octanol–water partition coefficient (Wildman–Crippen LogP) is 2.11. The van der Waals surface area contributed by atoms with Crippen LogP contribution < -0.4 is 5.32 Å². The molecule has 0 aromatic carbocycles. The molecule has 1 N–H and O–H groups in total. The number of hydrogen-bond donors (Lipinski definition) is 1. The number of nitrogens with zero attached hydrogens (tertiary/aromatic N) is 1. The standard InChI is InChI=1S/C12H26N2/c1-4-6-11(2)9-14(3)10-12-7-5-8-13-12/h11-13H,4-10H2,1-3H3. The maximum Gasteiger partial charge on any atom is 0.0195 e. The fourth-order valence-corrected chi connectivity index (χ4v) is 2.48. The molecule has 0 bridgehead atoms. The fourth-order valence-electron chi connectivity index (χ4n) is 2.48. The molecule has 0 aromatic heterocycles. The Morgan fingerprint density at radius 3 is 2.86 bits per heavy atom. The second-order valence-corrected chi connectivity index (χ2v) is 4.91. The molecule has 0 saturated carbocycles. The van der Waals surface area contributed by atoms with Crippen LogP contribution in [-0.2, 0) is 0 Å². The van der Waals surface area contributed by atoms with Crippen LogP contribution in [0.1, 0.15) is 39.5 Å². The van der Waals surface area contributed by atoms with Crippen molar-refractivity contribution < 1.29 is 0 Å². The Kier molecular flexibility index (Phi) is 5.49. The third-order valence-electron chi connectivity index (χ3n) is 3.10. The normalized spacial score (nSPS) is 24.4. The number of rotatable bonds is 6. The molecule has 1 rings (SSSR count). The highest BCUT2D eigenvalue weighted by Crippen LogP contribution is 2.10. The lowest BCUT2D eigenvalue weighted by Gasteiger charge is -2.24. The minimum atomic E-state index is 0.758. The molecule has 2 atom stereocenters. The van der Waals surface area contributed by atoms with Gasteiger partial charge in [0.25, 0.3) is 0 Å². The van der Waals surface area contributed by atoms with Crippen LogP contribution in [0.25, 0.3) is 0 Å². The molecular weight excluding hydrogens is 172 g/mol. The maximum atomic E-state index is 3.55. The number of hydrogen-bond acceptors (Lipinski definition) is 2. The van der Waals surface area contributed by atoms with Crippen molar-refractivity contribution in [2.45, 2.75) is 45.6 Å². The maximum absolute atomic E-state index is 3.55. The molecule has 1 aliphatic heterocycles. The first-order valence-electron chi connectivity index (χ1n) is 6.14. The zero-order valence-electron chi connectivity index (χ0n) is 10.1. The van der Waals surface area contributed by atoms with Gasteiger partial charge in [0.15, 0.2) is 0 Å². The monoisotopic (exact) mass is 198 g/mol. The third-order valence-corrected chi connectivity index (χ3v) is 3.10. The van der Waals surface area contributed by atoms with Crippen LogP contribution in [0.4, 0.5) is 0 Å². The van der Waals surface area contributed by atoms with Crippen molar-refractivity contribution in [1.29, 1.82) is 0 Å². The molecule has 1 saturated heterocycles. The van der Waals surface area contributed by atoms with Crippen LogP contribution in [0, 0.1) is 5.92 Å². The van der Waals surface area contributed by atoms with Gasteiger partial charge in [0, 0.05) is 19.1 Å². The number of nitrogens with one attached hydrogen (secondary N) is 1. The molecular formula is C12H26N2. The Hall–Kier alpha value is -0.0800. The van der Waals surface area contributed by atoms with Crippen molar-refractivity contribution in [2.75, 3.05) is 26.7 Å². The van der Waals surface area contributed by atoms with E-state index in [-0.39, 0.29) is 0 Å². The van der Waals surface area contributed by atoms with Gasteiger partial charge in [-0.1, -0.05) is 20.3 Å². The summed E-state index contributed by atoms with van der Waals surface area (Å²) in [6.07, 6.45) is 5.41. The summed E-state index contributed by atoms with van der Waals surface area (Å²) >= 11 is 0. The summed E-state index contributed by atoms with van der Waals surface area (Å²) in [6.45, 7) is 8.35. The Morgan fingerprint density at radius 2 is 2.29 bits per heavy atom. The highest BCUT2D eigenvalue weighted by Gasteiger charge is 2.16. The van der Waals surface area contributed by atoms with E-state index in [2.05, 4.69) is 31.1 Å². The molecule has 0 amide bonds. The summed E-state index contributed by atoms with van der Waals surface area (Å²) in [5, 5.41) is 3.55. The van der Waals surface area contributed by atoms with Crippen LogP contribution in [0.15, 0.2) is 0 Å². The molecule has 0 spiro atoms. The van der Waals surface area contributed by atoms with E-state index in [9.17, 15) is 0 Å². The molecule has 0 aliphatic carbocycles. The number of likely N-dealkylation sites (N-methyl/N-ethyl adjacent to an activating group) is 1. The molecule has 1 fully saturated rings. The third kappa shape index (κ3) is 4.43. The highest BCUT2D eigenvalue weighted by molar-refractivity contribution is 4.77. The summed E-state index contributed by atoms with van der Waals surface area (Å²) < 4.78 is 0. The van der Waals surface area contributed by atoms with Gasteiger partial charge >= 0.3 is 0 Å². The van der Waals surface area contributed by atoms with Crippen molar-refractivity contribution in [2.24, 2.45) is 5.92 Å². The van der Waals surface area contributed by atoms with Crippen LogP contribution in [0.5, 0.6) is 0 Å². The van der Waals surface area contributed by atoms with Gasteiger partial charge in [0.05, 0.1) is 0 Å². The van der Waals surface area contributed by atoms with E-state index in [4.69, 9.17) is 0 Å². The first kappa shape index (κ1) is 12.0. The Morgan fingerprint density at radius 1 is 1.50 bits per heavy atom. The largest absolute Gasteiger partial charge is 0.313 e. The van der Waals surface area contributed by atoms with E-state index in [1.165, 1.54) is 45.3 Å². The summed E-state index contributed by atoms with van der Waals surface area (Å²) in [4.78, 5) is 2.49. The molecule has 14 heavy (non-hydrogen) atoms. The Bertz CT molecular complexity index is 141. The molecule has 1 heterocycles. The molecule has 2 unspecified atom stereocenters. The van der Waals surface area contributed by atoms with E-state index >= 15 is 0 Å². The molecule has 1 aliphatic rings. The summed E-state index contributed by atoms with van der Waals surface area (Å²) in [5.74, 6) is 0.853. The molecule has 0 aromatic rings. The topological polar surface area (TPSA) is 15.3 Å². The smallest absolute Gasteiger partial charge is 0.0195 e. The predicted molar refractivity (Wildman–Crippen MR) is 62.6 cm³/mol. The summed E-state index contributed by atoms with van der Waals surface area (Å²) in [5.41, 5.74) is 0. The Labute approximate surface area is 89.1 Å². The van der Waals surface area contributed by atoms with Gasteiger partial charge in [0.1, 0.15) is 0 Å². The minimum Gasteiger partial charge on any atom is -0.313 e. The Balaban J connectivity index is 2.10. The molecule has 2 nitrogen and oxygen atoms in total. The average molecular weight is 198 g/mol. The van der Waals surface area contributed by atoms with Crippen molar-refractivity contribution in [1.82, 2.24) is 10.2 Å². The molecule has 2 heteroatoms. The van der Waals surface area contributed by atoms with Gasteiger partial charge in [-0.2, -0.15) is 0 Å². The van der Waals surface area contributed by atoms with Crippen molar-refractivity contribution in [3.63, 3.8) is 0 Å². The lowest BCUT2D eigenvalue weighted by Crippen LogP contribution is -2.37. The second-order valence-electron chi connectivity index (χ2n) is 4.91. The van der Waals surface area contributed by atoms with Gasteiger partial charge in [-0.3, -0.25) is 0 Å². The first-order valence-corrected chi connectivity index (χ1v) is 6.14. The summed E-state index contributed by atoms with van der Waals surface area (Å²) in [7, 11) is 2.26. The SMILES string of the molecule is CCCC(C)CN(C)CC1CCCN1. The van der Waals surface area contributed by atoms with Crippen LogP contribution >= 0.6 is 0 Å². The van der Waals surface area contributed by atoms with Gasteiger partial charge in [-0.25, -0.2) is 0 Å². The van der Waals surface area contributed by atoms with Crippen LogP contribution in [-0.4, -0.2) is 37.6 Å². The highest BCUT2D eigenvalue weighted by atomic mass is 15.1. The van der Waals surface area contributed by atoms with E-state index in [1.54, 1.807) is 0 Å². The zero-order chi connectivity index (χ0) is 10.4. The van der Waals surface area contributed by atoms with Gasteiger partial charge in [-0.15, -0.1) is 0 Å². The minimum absolute atomic E-state index is 0.758. The van der Waals surface area contributed by atoms with Crippen LogP contribution in [0.2, 0.25) is 0 Å². The van der Waals surface area contributed by atoms with E-state index in [0.717, 1.165) is 12.0 Å². The molecule has 84 valence electrons. The molecule has 0 radical (unpaired) electrons. The fraction of sp³-hybridized carbons (Fsp3) is 1.00. The second kappa shape index (κ2) is 6.41. The first-order chi connectivity index (χ1) is 6.72.